The van der Waals surface area contributed by atoms with E-state index >= 15 is 0 Å². The summed E-state index contributed by atoms with van der Waals surface area (Å²) in [6, 6.07) is 0. The SMILES string of the molecule is CC(C)(C(=O)O)C1CCC(C(=O)C2CC2)CC1. The Kier molecular flexibility index (Phi) is 3.28. The average Bonchev–Trinajstić information content (AvgIpc) is 3.12. The number of carboxylic acids is 1. The van der Waals surface area contributed by atoms with Crippen LogP contribution in [0.4, 0.5) is 0 Å². The number of rotatable bonds is 4. The van der Waals surface area contributed by atoms with Crippen molar-refractivity contribution in [3.05, 3.63) is 0 Å². The van der Waals surface area contributed by atoms with Crippen LogP contribution in [0.25, 0.3) is 0 Å². The minimum atomic E-state index is -0.713. The molecule has 1 N–H and O–H groups in total. The van der Waals surface area contributed by atoms with Gasteiger partial charge in [0.25, 0.3) is 0 Å². The molecule has 0 heterocycles. The number of carbonyl (C=O) groups excluding carboxylic acids is 1. The largest absolute Gasteiger partial charge is 0.481 e. The third kappa shape index (κ3) is 2.53. The summed E-state index contributed by atoms with van der Waals surface area (Å²) in [6.07, 6.45) is 5.75. The third-order valence-electron chi connectivity index (χ3n) is 4.68. The Morgan fingerprint density at radius 1 is 0.941 bits per heavy atom. The van der Waals surface area contributed by atoms with Gasteiger partial charge in [-0.25, -0.2) is 0 Å². The van der Waals surface area contributed by atoms with E-state index in [1.54, 1.807) is 0 Å². The molecule has 2 aliphatic carbocycles. The number of carbonyl (C=O) groups is 2. The Labute approximate surface area is 103 Å². The molecule has 0 bridgehead atoms. The Hall–Kier alpha value is -0.860. The lowest BCUT2D eigenvalue weighted by atomic mass is 9.68. The van der Waals surface area contributed by atoms with E-state index in [1.807, 2.05) is 13.8 Å². The molecule has 96 valence electrons. The molecule has 0 aromatic heterocycles. The fourth-order valence-electron chi connectivity index (χ4n) is 2.98. The van der Waals surface area contributed by atoms with Crippen molar-refractivity contribution in [1.29, 1.82) is 0 Å². The summed E-state index contributed by atoms with van der Waals surface area (Å²) < 4.78 is 0. The van der Waals surface area contributed by atoms with Gasteiger partial charge in [-0.05, 0) is 58.3 Å². The molecule has 0 spiro atoms. The first-order valence-corrected chi connectivity index (χ1v) is 6.70. The predicted molar refractivity (Wildman–Crippen MR) is 64.6 cm³/mol. The second-order valence-electron chi connectivity index (χ2n) is 6.25. The van der Waals surface area contributed by atoms with Crippen molar-refractivity contribution in [1.82, 2.24) is 0 Å². The highest BCUT2D eigenvalue weighted by Crippen LogP contribution is 2.43. The molecule has 0 amide bonds. The minimum Gasteiger partial charge on any atom is -0.481 e. The highest BCUT2D eigenvalue weighted by molar-refractivity contribution is 5.85. The van der Waals surface area contributed by atoms with Gasteiger partial charge < -0.3 is 5.11 Å². The molecule has 0 saturated heterocycles. The Morgan fingerprint density at radius 2 is 1.35 bits per heavy atom. The summed E-state index contributed by atoms with van der Waals surface area (Å²) in [6.45, 7) is 3.62. The smallest absolute Gasteiger partial charge is 0.309 e. The summed E-state index contributed by atoms with van der Waals surface area (Å²) in [5.74, 6) is 0.543. The molecular formula is C14H22O3. The van der Waals surface area contributed by atoms with Crippen LogP contribution in [0.15, 0.2) is 0 Å². The molecule has 0 unspecified atom stereocenters. The van der Waals surface area contributed by atoms with Crippen molar-refractivity contribution in [3.63, 3.8) is 0 Å². The van der Waals surface area contributed by atoms with Gasteiger partial charge >= 0.3 is 5.97 Å². The van der Waals surface area contributed by atoms with Gasteiger partial charge in [0.1, 0.15) is 5.78 Å². The minimum absolute atomic E-state index is 0.225. The van der Waals surface area contributed by atoms with E-state index in [1.165, 1.54) is 0 Å². The lowest BCUT2D eigenvalue weighted by molar-refractivity contribution is -0.151. The number of ketones is 1. The molecule has 0 aliphatic heterocycles. The molecule has 17 heavy (non-hydrogen) atoms. The van der Waals surface area contributed by atoms with Gasteiger partial charge in [0.15, 0.2) is 0 Å². The highest BCUT2D eigenvalue weighted by atomic mass is 16.4. The molecule has 0 radical (unpaired) electrons. The quantitative estimate of drug-likeness (QED) is 0.819. The lowest BCUT2D eigenvalue weighted by Crippen LogP contribution is -2.36. The van der Waals surface area contributed by atoms with Crippen LogP contribution in [0.1, 0.15) is 52.4 Å². The van der Waals surface area contributed by atoms with Crippen LogP contribution in [0.5, 0.6) is 0 Å². The van der Waals surface area contributed by atoms with Crippen LogP contribution in [-0.2, 0) is 9.59 Å². The molecule has 2 aliphatic rings. The number of hydrogen-bond donors (Lipinski definition) is 1. The number of Topliss-reactive ketones (excluding diaryl/α,β-unsaturated/α-hetero) is 1. The van der Waals surface area contributed by atoms with Gasteiger partial charge in [-0.2, -0.15) is 0 Å². The Bertz CT molecular complexity index is 320. The van der Waals surface area contributed by atoms with Crippen LogP contribution < -0.4 is 0 Å². The first kappa shape index (κ1) is 12.6. The van der Waals surface area contributed by atoms with Gasteiger partial charge in [0.05, 0.1) is 5.41 Å². The van der Waals surface area contributed by atoms with Crippen molar-refractivity contribution in [2.45, 2.75) is 52.4 Å². The van der Waals surface area contributed by atoms with Crippen LogP contribution in [0.3, 0.4) is 0 Å². The summed E-state index contributed by atoms with van der Waals surface area (Å²) in [4.78, 5) is 23.1. The van der Waals surface area contributed by atoms with Crippen molar-refractivity contribution < 1.29 is 14.7 Å². The Balaban J connectivity index is 1.89. The lowest BCUT2D eigenvalue weighted by Gasteiger charge is -2.36. The van der Waals surface area contributed by atoms with Gasteiger partial charge in [0, 0.05) is 11.8 Å². The summed E-state index contributed by atoms with van der Waals surface area (Å²) in [5.41, 5.74) is -0.645. The standard InChI is InChI=1S/C14H22O3/c1-14(2,13(16)17)11-7-5-10(6-8-11)12(15)9-3-4-9/h9-11H,3-8H2,1-2H3,(H,16,17). The molecule has 0 atom stereocenters. The van der Waals surface area contributed by atoms with Crippen LogP contribution in [-0.4, -0.2) is 16.9 Å². The van der Waals surface area contributed by atoms with Crippen LogP contribution in [0, 0.1) is 23.2 Å². The Morgan fingerprint density at radius 3 is 1.71 bits per heavy atom. The maximum atomic E-state index is 11.9. The monoisotopic (exact) mass is 238 g/mol. The molecule has 3 heteroatoms. The number of aliphatic carboxylic acids is 1. The zero-order chi connectivity index (χ0) is 12.6. The van der Waals surface area contributed by atoms with Gasteiger partial charge in [-0.1, -0.05) is 0 Å². The second-order valence-corrected chi connectivity index (χ2v) is 6.25. The van der Waals surface area contributed by atoms with Gasteiger partial charge in [-0.3, -0.25) is 9.59 Å². The number of hydrogen-bond acceptors (Lipinski definition) is 2. The van der Waals surface area contributed by atoms with Crippen molar-refractivity contribution in [2.75, 3.05) is 0 Å². The predicted octanol–water partition coefficient (Wildman–Crippen LogP) is 2.88. The first-order valence-electron chi connectivity index (χ1n) is 6.70. The third-order valence-corrected chi connectivity index (χ3v) is 4.68. The van der Waals surface area contributed by atoms with E-state index in [0.29, 0.717) is 11.7 Å². The molecule has 2 fully saturated rings. The molecule has 3 nitrogen and oxygen atoms in total. The maximum absolute atomic E-state index is 11.9. The normalized spacial score (nSPS) is 30.0. The van der Waals surface area contributed by atoms with Crippen molar-refractivity contribution in [2.24, 2.45) is 23.2 Å². The van der Waals surface area contributed by atoms with Crippen molar-refractivity contribution in [3.8, 4) is 0 Å². The number of carboxylic acid groups (broad SMARTS) is 1. The summed E-state index contributed by atoms with van der Waals surface area (Å²) in [7, 11) is 0. The van der Waals surface area contributed by atoms with Crippen LogP contribution in [0.2, 0.25) is 0 Å². The highest BCUT2D eigenvalue weighted by Gasteiger charge is 2.42. The van der Waals surface area contributed by atoms with E-state index in [0.717, 1.165) is 38.5 Å². The molecular weight excluding hydrogens is 216 g/mol. The second kappa shape index (κ2) is 4.43. The zero-order valence-electron chi connectivity index (χ0n) is 10.7. The van der Waals surface area contributed by atoms with Crippen molar-refractivity contribution >= 4 is 11.8 Å². The van der Waals surface area contributed by atoms with E-state index in [9.17, 15) is 14.7 Å². The van der Waals surface area contributed by atoms with E-state index in [4.69, 9.17) is 0 Å². The van der Waals surface area contributed by atoms with Crippen LogP contribution >= 0.6 is 0 Å². The van der Waals surface area contributed by atoms with Gasteiger partial charge in [-0.15, -0.1) is 0 Å². The molecule has 2 rings (SSSR count). The summed E-state index contributed by atoms with van der Waals surface area (Å²) in [5, 5.41) is 9.20. The van der Waals surface area contributed by atoms with E-state index in [-0.39, 0.29) is 11.8 Å². The molecule has 0 aromatic carbocycles. The fourth-order valence-corrected chi connectivity index (χ4v) is 2.98. The van der Waals surface area contributed by atoms with E-state index in [2.05, 4.69) is 0 Å². The zero-order valence-corrected chi connectivity index (χ0v) is 10.7. The molecule has 2 saturated carbocycles. The fraction of sp³-hybridized carbons (Fsp3) is 0.857. The average molecular weight is 238 g/mol. The topological polar surface area (TPSA) is 54.4 Å². The first-order chi connectivity index (χ1) is 7.93. The maximum Gasteiger partial charge on any atom is 0.309 e. The van der Waals surface area contributed by atoms with Gasteiger partial charge in [0.2, 0.25) is 0 Å². The van der Waals surface area contributed by atoms with E-state index < -0.39 is 11.4 Å². The summed E-state index contributed by atoms with van der Waals surface area (Å²) >= 11 is 0. The molecule has 0 aromatic rings.